The van der Waals surface area contributed by atoms with Gasteiger partial charge in [0.25, 0.3) is 0 Å². The lowest BCUT2D eigenvalue weighted by molar-refractivity contribution is -0.124. The lowest BCUT2D eigenvalue weighted by Gasteiger charge is -2.27. The molecule has 1 aromatic carbocycles. The van der Waals surface area contributed by atoms with Gasteiger partial charge in [0.2, 0.25) is 5.91 Å². The van der Waals surface area contributed by atoms with E-state index in [-0.39, 0.29) is 11.8 Å². The highest BCUT2D eigenvalue weighted by molar-refractivity contribution is 5.95. The molecule has 25 heavy (non-hydrogen) atoms. The molecule has 0 radical (unpaired) electrons. The fourth-order valence-corrected chi connectivity index (χ4v) is 2.82. The highest BCUT2D eigenvalue weighted by Crippen LogP contribution is 2.24. The van der Waals surface area contributed by atoms with Crippen molar-refractivity contribution in [1.82, 2.24) is 4.98 Å². The maximum Gasteiger partial charge on any atom is 0.230 e. The van der Waals surface area contributed by atoms with Crippen molar-refractivity contribution in [3.63, 3.8) is 0 Å². The van der Waals surface area contributed by atoms with Gasteiger partial charge in [-0.1, -0.05) is 24.1 Å². The summed E-state index contributed by atoms with van der Waals surface area (Å²) in [5.74, 6) is 6.55. The summed E-state index contributed by atoms with van der Waals surface area (Å²) in [4.78, 5) is 18.7. The molecular weight excluding hydrogens is 314 g/mol. The first-order valence-corrected chi connectivity index (χ1v) is 8.34. The zero-order valence-corrected chi connectivity index (χ0v) is 14.2. The third kappa shape index (κ3) is 4.17. The number of nitrogens with two attached hydrogens (primary N) is 1. The van der Waals surface area contributed by atoms with Gasteiger partial charge in [0, 0.05) is 31.7 Å². The maximum absolute atomic E-state index is 12.8. The molecule has 2 aromatic rings. The summed E-state index contributed by atoms with van der Waals surface area (Å²) < 4.78 is 5.34. The Labute approximate surface area is 147 Å². The SMILES string of the molecule is CN(C(=O)C1CCOCC1)c1ccc(N)nc1C#Cc1ccccc1. The zero-order valence-electron chi connectivity index (χ0n) is 14.2. The molecule has 0 saturated carbocycles. The van der Waals surface area contributed by atoms with Crippen molar-refractivity contribution in [2.45, 2.75) is 12.8 Å². The van der Waals surface area contributed by atoms with Crippen molar-refractivity contribution in [2.75, 3.05) is 30.9 Å². The summed E-state index contributed by atoms with van der Waals surface area (Å²) in [6.07, 6.45) is 1.49. The van der Waals surface area contributed by atoms with E-state index >= 15 is 0 Å². The number of hydrogen-bond donors (Lipinski definition) is 1. The van der Waals surface area contributed by atoms with Gasteiger partial charge >= 0.3 is 0 Å². The fraction of sp³-hybridized carbons (Fsp3) is 0.300. The number of amides is 1. The molecule has 1 amide bonds. The van der Waals surface area contributed by atoms with Gasteiger partial charge in [0.1, 0.15) is 11.5 Å². The van der Waals surface area contributed by atoms with Crippen molar-refractivity contribution in [2.24, 2.45) is 5.92 Å². The van der Waals surface area contributed by atoms with E-state index in [9.17, 15) is 4.79 Å². The summed E-state index contributed by atoms with van der Waals surface area (Å²) >= 11 is 0. The Morgan fingerprint density at radius 3 is 2.60 bits per heavy atom. The van der Waals surface area contributed by atoms with Gasteiger partial charge in [-0.25, -0.2) is 4.98 Å². The minimum absolute atomic E-state index is 0.0220. The van der Waals surface area contributed by atoms with E-state index in [0.29, 0.717) is 30.4 Å². The van der Waals surface area contributed by atoms with Crippen LogP contribution in [0.25, 0.3) is 0 Å². The van der Waals surface area contributed by atoms with Crippen LogP contribution in [0.15, 0.2) is 42.5 Å². The smallest absolute Gasteiger partial charge is 0.230 e. The zero-order chi connectivity index (χ0) is 17.6. The second kappa shape index (κ2) is 7.82. The molecule has 3 rings (SSSR count). The molecule has 0 aliphatic carbocycles. The van der Waals surface area contributed by atoms with Crippen molar-refractivity contribution in [3.8, 4) is 11.8 Å². The highest BCUT2D eigenvalue weighted by Gasteiger charge is 2.26. The Balaban J connectivity index is 1.88. The summed E-state index contributed by atoms with van der Waals surface area (Å²) in [6.45, 7) is 1.26. The molecule has 0 bridgehead atoms. The summed E-state index contributed by atoms with van der Waals surface area (Å²) in [5, 5.41) is 0. The van der Waals surface area contributed by atoms with Gasteiger partial charge < -0.3 is 15.4 Å². The first-order chi connectivity index (χ1) is 12.1. The van der Waals surface area contributed by atoms with E-state index in [4.69, 9.17) is 10.5 Å². The predicted octanol–water partition coefficient (Wildman–Crippen LogP) is 2.45. The third-order valence-corrected chi connectivity index (χ3v) is 4.26. The van der Waals surface area contributed by atoms with Crippen LogP contribution < -0.4 is 10.6 Å². The normalized spacial score (nSPS) is 14.4. The van der Waals surface area contributed by atoms with Crippen molar-refractivity contribution in [3.05, 3.63) is 53.7 Å². The van der Waals surface area contributed by atoms with E-state index in [0.717, 1.165) is 18.4 Å². The van der Waals surface area contributed by atoms with Crippen LogP contribution in [0.5, 0.6) is 0 Å². The Morgan fingerprint density at radius 2 is 1.88 bits per heavy atom. The van der Waals surface area contributed by atoms with Crippen LogP contribution >= 0.6 is 0 Å². The molecule has 0 spiro atoms. The number of carbonyl (C=O) groups excluding carboxylic acids is 1. The molecule has 2 heterocycles. The van der Waals surface area contributed by atoms with Crippen LogP contribution in [0, 0.1) is 17.8 Å². The standard InChI is InChI=1S/C20H21N3O2/c1-23(20(24)16-11-13-25-14-12-16)18-9-10-19(21)22-17(18)8-7-15-5-3-2-4-6-15/h2-6,9-10,16H,11-14H2,1H3,(H2,21,22). The van der Waals surface area contributed by atoms with Gasteiger partial charge in [0.05, 0.1) is 5.69 Å². The van der Waals surface area contributed by atoms with E-state index in [2.05, 4.69) is 16.8 Å². The molecule has 1 aromatic heterocycles. The Bertz CT molecular complexity index is 803. The number of nitrogens with zero attached hydrogens (tertiary/aromatic N) is 2. The number of rotatable bonds is 2. The number of benzene rings is 1. The van der Waals surface area contributed by atoms with Crippen LogP contribution in [0.1, 0.15) is 24.1 Å². The number of ether oxygens (including phenoxy) is 1. The highest BCUT2D eigenvalue weighted by atomic mass is 16.5. The minimum Gasteiger partial charge on any atom is -0.384 e. The van der Waals surface area contributed by atoms with E-state index < -0.39 is 0 Å². The number of aromatic nitrogens is 1. The van der Waals surface area contributed by atoms with Crippen LogP contribution in [0.3, 0.4) is 0 Å². The lowest BCUT2D eigenvalue weighted by atomic mass is 9.98. The summed E-state index contributed by atoms with van der Waals surface area (Å²) in [6, 6.07) is 13.1. The molecule has 1 fully saturated rings. The van der Waals surface area contributed by atoms with Crippen molar-refractivity contribution >= 4 is 17.4 Å². The lowest BCUT2D eigenvalue weighted by Crippen LogP contribution is -2.36. The third-order valence-electron chi connectivity index (χ3n) is 4.26. The second-order valence-electron chi connectivity index (χ2n) is 6.00. The van der Waals surface area contributed by atoms with Gasteiger partial charge in [-0.2, -0.15) is 0 Å². The van der Waals surface area contributed by atoms with Gasteiger partial charge in [-0.05, 0) is 43.0 Å². The molecule has 2 N–H and O–H groups in total. The van der Waals surface area contributed by atoms with E-state index in [1.165, 1.54) is 0 Å². The number of anilines is 2. The first kappa shape index (κ1) is 17.0. The Morgan fingerprint density at radius 1 is 1.16 bits per heavy atom. The fourth-order valence-electron chi connectivity index (χ4n) is 2.82. The topological polar surface area (TPSA) is 68.5 Å². The van der Waals surface area contributed by atoms with E-state index in [1.54, 1.807) is 24.1 Å². The van der Waals surface area contributed by atoms with Crippen LogP contribution in [-0.4, -0.2) is 31.2 Å². The summed E-state index contributed by atoms with van der Waals surface area (Å²) in [7, 11) is 1.76. The molecule has 0 unspecified atom stereocenters. The first-order valence-electron chi connectivity index (χ1n) is 8.34. The van der Waals surface area contributed by atoms with Crippen LogP contribution in [-0.2, 0) is 9.53 Å². The average Bonchev–Trinajstić information content (AvgIpc) is 2.67. The Hall–Kier alpha value is -2.84. The van der Waals surface area contributed by atoms with Crippen molar-refractivity contribution < 1.29 is 9.53 Å². The summed E-state index contributed by atoms with van der Waals surface area (Å²) in [5.41, 5.74) is 7.88. The van der Waals surface area contributed by atoms with Gasteiger partial charge in [0.15, 0.2) is 0 Å². The molecular formula is C20H21N3O2. The quantitative estimate of drug-likeness (QED) is 0.856. The van der Waals surface area contributed by atoms with Crippen LogP contribution in [0.2, 0.25) is 0 Å². The monoisotopic (exact) mass is 335 g/mol. The maximum atomic E-state index is 12.8. The molecule has 1 saturated heterocycles. The number of carbonyl (C=O) groups is 1. The van der Waals surface area contributed by atoms with E-state index in [1.807, 2.05) is 30.3 Å². The molecule has 1 aliphatic heterocycles. The van der Waals surface area contributed by atoms with Gasteiger partial charge in [-0.3, -0.25) is 4.79 Å². The molecule has 5 nitrogen and oxygen atoms in total. The number of pyridine rings is 1. The van der Waals surface area contributed by atoms with Crippen LogP contribution in [0.4, 0.5) is 11.5 Å². The predicted molar refractivity (Wildman–Crippen MR) is 98.0 cm³/mol. The minimum atomic E-state index is -0.0220. The Kier molecular flexibility index (Phi) is 5.32. The largest absolute Gasteiger partial charge is 0.384 e. The van der Waals surface area contributed by atoms with Crippen molar-refractivity contribution in [1.29, 1.82) is 0 Å². The molecule has 1 aliphatic rings. The number of hydrogen-bond acceptors (Lipinski definition) is 4. The number of nitrogen functional groups attached to an aromatic ring is 1. The average molecular weight is 335 g/mol. The van der Waals surface area contributed by atoms with Gasteiger partial charge in [-0.15, -0.1) is 0 Å². The molecule has 128 valence electrons. The molecule has 0 atom stereocenters. The molecule has 5 heteroatoms. The second-order valence-corrected chi connectivity index (χ2v) is 6.00.